The summed E-state index contributed by atoms with van der Waals surface area (Å²) >= 11 is -1.07. The highest BCUT2D eigenvalue weighted by molar-refractivity contribution is 7.90. The van der Waals surface area contributed by atoms with Crippen LogP contribution in [-0.2, 0) is 11.4 Å². The Morgan fingerprint density at radius 1 is 1.39 bits per heavy atom. The Morgan fingerprint density at radius 3 is 2.61 bits per heavy atom. The van der Waals surface area contributed by atoms with Gasteiger partial charge in [-0.15, -0.1) is 4.72 Å². The summed E-state index contributed by atoms with van der Waals surface area (Å²) in [6.07, 6.45) is 0. The quantitative estimate of drug-likeness (QED) is 0.835. The molecule has 0 aromatic heterocycles. The monoisotopic (exact) mass is 269 g/mol. The second-order valence-electron chi connectivity index (χ2n) is 5.23. The Labute approximate surface area is 113 Å². The standard InChI is InChI=1S/C14H23NO2S/c1-6-17-13-9-7-8-12(10-13)11(2)15-18(16)14(3,4)5/h7-11,15H,6H2,1-5H3/t11-,18-/m1/s1. The van der Waals surface area contributed by atoms with Gasteiger partial charge in [-0.05, 0) is 52.3 Å². The van der Waals surface area contributed by atoms with Crippen molar-refractivity contribution in [1.29, 1.82) is 0 Å². The van der Waals surface area contributed by atoms with Gasteiger partial charge in [0.25, 0.3) is 0 Å². The fraction of sp³-hybridized carbons (Fsp3) is 0.571. The van der Waals surface area contributed by atoms with Crippen molar-refractivity contribution >= 4 is 11.4 Å². The summed E-state index contributed by atoms with van der Waals surface area (Å²) in [5.74, 6) is 0.852. The van der Waals surface area contributed by atoms with Crippen LogP contribution in [0.2, 0.25) is 0 Å². The molecule has 4 heteroatoms. The van der Waals surface area contributed by atoms with Crippen molar-refractivity contribution in [1.82, 2.24) is 4.72 Å². The Kier molecular flexibility index (Phi) is 5.50. The Hall–Kier alpha value is -0.710. The summed E-state index contributed by atoms with van der Waals surface area (Å²) < 4.78 is 20.4. The molecular weight excluding hydrogens is 246 g/mol. The first-order valence-corrected chi connectivity index (χ1v) is 7.40. The average molecular weight is 269 g/mol. The van der Waals surface area contributed by atoms with E-state index in [9.17, 15) is 4.55 Å². The van der Waals surface area contributed by atoms with Crippen molar-refractivity contribution < 1.29 is 9.29 Å². The molecule has 0 amide bonds. The summed E-state index contributed by atoms with van der Waals surface area (Å²) in [6, 6.07) is 7.92. The average Bonchev–Trinajstić information content (AvgIpc) is 2.28. The van der Waals surface area contributed by atoms with Gasteiger partial charge >= 0.3 is 0 Å². The molecule has 3 nitrogen and oxygen atoms in total. The second-order valence-corrected chi connectivity index (χ2v) is 7.22. The van der Waals surface area contributed by atoms with E-state index >= 15 is 0 Å². The molecule has 0 saturated heterocycles. The summed E-state index contributed by atoms with van der Waals surface area (Å²) in [5.41, 5.74) is 1.08. The topological polar surface area (TPSA) is 44.3 Å². The molecule has 1 N–H and O–H groups in total. The summed E-state index contributed by atoms with van der Waals surface area (Å²) in [4.78, 5) is 0. The Morgan fingerprint density at radius 2 is 2.06 bits per heavy atom. The van der Waals surface area contributed by atoms with Gasteiger partial charge in [-0.25, -0.2) is 0 Å². The van der Waals surface area contributed by atoms with Crippen LogP contribution in [0.4, 0.5) is 0 Å². The number of ether oxygens (including phenoxy) is 1. The predicted molar refractivity (Wildman–Crippen MR) is 77.1 cm³/mol. The maximum Gasteiger partial charge on any atom is 0.136 e. The zero-order valence-electron chi connectivity index (χ0n) is 11.8. The molecule has 1 aromatic carbocycles. The maximum atomic E-state index is 12.0. The minimum Gasteiger partial charge on any atom is -0.598 e. The van der Waals surface area contributed by atoms with E-state index in [0.29, 0.717) is 6.61 Å². The van der Waals surface area contributed by atoms with Crippen LogP contribution < -0.4 is 9.46 Å². The summed E-state index contributed by atoms with van der Waals surface area (Å²) in [7, 11) is 0. The third kappa shape index (κ3) is 4.52. The molecule has 0 aliphatic carbocycles. The van der Waals surface area contributed by atoms with Crippen molar-refractivity contribution in [3.05, 3.63) is 29.8 Å². The zero-order valence-corrected chi connectivity index (χ0v) is 12.6. The van der Waals surface area contributed by atoms with E-state index in [1.165, 1.54) is 0 Å². The van der Waals surface area contributed by atoms with Crippen molar-refractivity contribution in [2.75, 3.05) is 6.61 Å². The fourth-order valence-electron chi connectivity index (χ4n) is 1.45. The van der Waals surface area contributed by atoms with Gasteiger partial charge in [-0.1, -0.05) is 12.1 Å². The molecule has 0 fully saturated rings. The number of rotatable bonds is 5. The predicted octanol–water partition coefficient (Wildman–Crippen LogP) is 3.20. The summed E-state index contributed by atoms with van der Waals surface area (Å²) in [6.45, 7) is 10.5. The van der Waals surface area contributed by atoms with Gasteiger partial charge in [0.15, 0.2) is 0 Å². The first-order valence-electron chi connectivity index (χ1n) is 6.25. The molecule has 0 saturated carbocycles. The lowest BCUT2D eigenvalue weighted by molar-refractivity contribution is 0.339. The van der Waals surface area contributed by atoms with Crippen LogP contribution in [0.15, 0.2) is 24.3 Å². The molecular formula is C14H23NO2S. The molecule has 0 heterocycles. The van der Waals surface area contributed by atoms with E-state index in [-0.39, 0.29) is 10.8 Å². The lowest BCUT2D eigenvalue weighted by Crippen LogP contribution is -2.40. The van der Waals surface area contributed by atoms with Crippen LogP contribution >= 0.6 is 0 Å². The van der Waals surface area contributed by atoms with Crippen molar-refractivity contribution in [2.45, 2.75) is 45.4 Å². The highest BCUT2D eigenvalue weighted by atomic mass is 32.2. The van der Waals surface area contributed by atoms with Crippen LogP contribution in [0.25, 0.3) is 0 Å². The summed E-state index contributed by atoms with van der Waals surface area (Å²) in [5, 5.41) is 0. The first kappa shape index (κ1) is 15.3. The second kappa shape index (κ2) is 6.45. The SMILES string of the molecule is CCOc1cccc([C@@H](C)N[S@+]([O-])C(C)(C)C)c1. The normalized spacial score (nSPS) is 15.2. The largest absolute Gasteiger partial charge is 0.598 e. The number of hydrogen-bond acceptors (Lipinski definition) is 3. The molecule has 0 aliphatic rings. The van der Waals surface area contributed by atoms with Crippen LogP contribution in [0, 0.1) is 0 Å². The van der Waals surface area contributed by atoms with Crippen LogP contribution in [0.3, 0.4) is 0 Å². The van der Waals surface area contributed by atoms with E-state index in [4.69, 9.17) is 4.74 Å². The molecule has 1 aromatic rings. The van der Waals surface area contributed by atoms with Gasteiger partial charge in [0.2, 0.25) is 0 Å². The van der Waals surface area contributed by atoms with Crippen LogP contribution in [-0.4, -0.2) is 15.9 Å². The molecule has 1 rings (SSSR count). The highest BCUT2D eigenvalue weighted by Crippen LogP contribution is 2.22. The van der Waals surface area contributed by atoms with Gasteiger partial charge in [-0.3, -0.25) is 0 Å². The number of nitrogens with one attached hydrogen (secondary N) is 1. The van der Waals surface area contributed by atoms with E-state index in [1.54, 1.807) is 0 Å². The zero-order chi connectivity index (χ0) is 13.8. The maximum absolute atomic E-state index is 12.0. The minimum atomic E-state index is -1.07. The smallest absolute Gasteiger partial charge is 0.136 e. The Bertz CT molecular complexity index is 376. The third-order valence-corrected chi connectivity index (χ3v) is 4.19. The molecule has 0 spiro atoms. The molecule has 0 aliphatic heterocycles. The molecule has 102 valence electrons. The van der Waals surface area contributed by atoms with Gasteiger partial charge in [-0.2, -0.15) is 0 Å². The van der Waals surface area contributed by atoms with E-state index in [1.807, 2.05) is 58.9 Å². The van der Waals surface area contributed by atoms with Gasteiger partial charge in [0, 0.05) is 11.4 Å². The van der Waals surface area contributed by atoms with Crippen LogP contribution in [0.1, 0.15) is 46.2 Å². The van der Waals surface area contributed by atoms with Gasteiger partial charge < -0.3 is 9.29 Å². The molecule has 2 atom stereocenters. The van der Waals surface area contributed by atoms with Crippen LogP contribution in [0.5, 0.6) is 5.75 Å². The third-order valence-electron chi connectivity index (χ3n) is 2.51. The molecule has 0 bridgehead atoms. The van der Waals surface area contributed by atoms with Crippen molar-refractivity contribution in [3.8, 4) is 5.75 Å². The van der Waals surface area contributed by atoms with Crippen molar-refractivity contribution in [2.24, 2.45) is 0 Å². The molecule has 0 radical (unpaired) electrons. The minimum absolute atomic E-state index is 0.0328. The van der Waals surface area contributed by atoms with Crippen molar-refractivity contribution in [3.63, 3.8) is 0 Å². The van der Waals surface area contributed by atoms with E-state index in [2.05, 4.69) is 4.72 Å². The van der Waals surface area contributed by atoms with E-state index in [0.717, 1.165) is 11.3 Å². The lowest BCUT2D eigenvalue weighted by atomic mass is 10.1. The first-order chi connectivity index (χ1) is 8.34. The fourth-order valence-corrected chi connectivity index (χ4v) is 2.26. The Balaban J connectivity index is 2.72. The number of hydrogen-bond donors (Lipinski definition) is 1. The van der Waals surface area contributed by atoms with Gasteiger partial charge in [0.1, 0.15) is 10.5 Å². The van der Waals surface area contributed by atoms with E-state index < -0.39 is 11.4 Å². The van der Waals surface area contributed by atoms with Gasteiger partial charge in [0.05, 0.1) is 12.6 Å². The number of benzene rings is 1. The molecule has 0 unspecified atom stereocenters. The lowest BCUT2D eigenvalue weighted by Gasteiger charge is -2.26. The molecule has 18 heavy (non-hydrogen) atoms. The highest BCUT2D eigenvalue weighted by Gasteiger charge is 2.28.